The molecule has 174 valence electrons. The van der Waals surface area contributed by atoms with Crippen molar-refractivity contribution in [1.29, 1.82) is 0 Å². The first-order chi connectivity index (χ1) is 16.0. The van der Waals surface area contributed by atoms with E-state index in [1.54, 1.807) is 14.2 Å². The summed E-state index contributed by atoms with van der Waals surface area (Å²) in [6.45, 7) is 0.0702. The number of aliphatic imine (C=N–C) groups is 1. The summed E-state index contributed by atoms with van der Waals surface area (Å²) in [7, 11) is 4.62. The third-order valence-electron chi connectivity index (χ3n) is 6.50. The van der Waals surface area contributed by atoms with Gasteiger partial charge in [-0.25, -0.2) is 0 Å². The van der Waals surface area contributed by atoms with Crippen molar-refractivity contribution in [1.82, 2.24) is 5.32 Å². The predicted octanol–water partition coefficient (Wildman–Crippen LogP) is 3.53. The molecule has 0 saturated heterocycles. The maximum Gasteiger partial charge on any atom is 0.319 e. The van der Waals surface area contributed by atoms with Crippen molar-refractivity contribution in [3.05, 3.63) is 58.7 Å². The van der Waals surface area contributed by atoms with Gasteiger partial charge in [0.05, 0.1) is 46.2 Å². The van der Waals surface area contributed by atoms with Crippen LogP contribution in [0.1, 0.15) is 58.6 Å². The van der Waals surface area contributed by atoms with E-state index in [4.69, 9.17) is 14.5 Å². The lowest BCUT2D eigenvalue weighted by atomic mass is 9.75. The number of nitrogens with one attached hydrogen (secondary N) is 1. The Labute approximate surface area is 194 Å². The summed E-state index contributed by atoms with van der Waals surface area (Å²) in [5.74, 6) is 1.32. The normalized spacial score (nSPS) is 19.1. The van der Waals surface area contributed by atoms with Gasteiger partial charge < -0.3 is 14.2 Å². The van der Waals surface area contributed by atoms with Gasteiger partial charge in [-0.15, -0.1) is 0 Å². The molecule has 1 aliphatic carbocycles. The van der Waals surface area contributed by atoms with E-state index < -0.39 is 5.97 Å². The zero-order valence-electron chi connectivity index (χ0n) is 19.3. The minimum atomic E-state index is -0.403. The number of fused-ring (bicyclic) bond motifs is 3. The van der Waals surface area contributed by atoms with E-state index in [0.29, 0.717) is 17.2 Å². The summed E-state index contributed by atoms with van der Waals surface area (Å²) in [6, 6.07) is 11.9. The standard InChI is InChI=1S/C26H30N2O5/c1-31-23-12-19-18-6-4-5-7-21(18)28-26(20(19)13-24(23)32-2)17-10-8-16(9-11-17)22(29)14-27-15-25(30)33-3/h8-13,18,21,27H,4-7,14-15H2,1-3H3/t18-,21-/m1/s1. The first kappa shape index (κ1) is 23.0. The number of hydrogen-bond donors (Lipinski definition) is 1. The molecular formula is C26H30N2O5. The second-order valence-corrected chi connectivity index (χ2v) is 8.41. The summed E-state index contributed by atoms with van der Waals surface area (Å²) in [5.41, 5.74) is 4.79. The van der Waals surface area contributed by atoms with E-state index >= 15 is 0 Å². The Morgan fingerprint density at radius 3 is 2.36 bits per heavy atom. The number of benzene rings is 2. The number of nitrogens with zero attached hydrogens (tertiary/aromatic N) is 1. The summed E-state index contributed by atoms with van der Waals surface area (Å²) >= 11 is 0. The van der Waals surface area contributed by atoms with Crippen LogP contribution in [0.3, 0.4) is 0 Å². The molecule has 1 fully saturated rings. The lowest BCUT2D eigenvalue weighted by Crippen LogP contribution is -2.30. The molecule has 0 spiro atoms. The van der Waals surface area contributed by atoms with Gasteiger partial charge in [-0.05, 0) is 30.5 Å². The van der Waals surface area contributed by atoms with Gasteiger partial charge in [-0.2, -0.15) is 0 Å². The SMILES string of the molecule is COC(=O)CNCC(=O)c1ccc(C2=N[C@@H]3CCCC[C@@H]3c3cc(OC)c(OC)cc32)cc1. The molecule has 0 bridgehead atoms. The molecule has 1 heterocycles. The molecule has 4 rings (SSSR count). The van der Waals surface area contributed by atoms with Gasteiger partial charge in [0, 0.05) is 22.6 Å². The third kappa shape index (κ3) is 4.78. The third-order valence-corrected chi connectivity index (χ3v) is 6.50. The van der Waals surface area contributed by atoms with E-state index in [9.17, 15) is 9.59 Å². The fourth-order valence-electron chi connectivity index (χ4n) is 4.77. The number of ketones is 1. The molecule has 2 aromatic carbocycles. The fourth-order valence-corrected chi connectivity index (χ4v) is 4.77. The summed E-state index contributed by atoms with van der Waals surface area (Å²) in [6.07, 6.45) is 4.59. The summed E-state index contributed by atoms with van der Waals surface area (Å²) in [5, 5.41) is 2.81. The minimum Gasteiger partial charge on any atom is -0.493 e. The van der Waals surface area contributed by atoms with Gasteiger partial charge in [0.15, 0.2) is 17.3 Å². The Morgan fingerprint density at radius 2 is 1.67 bits per heavy atom. The Morgan fingerprint density at radius 1 is 0.970 bits per heavy atom. The summed E-state index contributed by atoms with van der Waals surface area (Å²) in [4.78, 5) is 28.8. The number of Topliss-reactive ketones (excluding diaryl/α,β-unsaturated/α-hetero) is 1. The van der Waals surface area contributed by atoms with E-state index in [0.717, 1.165) is 35.4 Å². The number of rotatable bonds is 8. The van der Waals surface area contributed by atoms with Crippen molar-refractivity contribution in [2.75, 3.05) is 34.4 Å². The largest absolute Gasteiger partial charge is 0.493 e. The molecule has 7 heteroatoms. The number of carbonyl (C=O) groups excluding carboxylic acids is 2. The van der Waals surface area contributed by atoms with Gasteiger partial charge in [-0.1, -0.05) is 37.1 Å². The van der Waals surface area contributed by atoms with Gasteiger partial charge in [0.1, 0.15) is 0 Å². The van der Waals surface area contributed by atoms with Crippen LogP contribution >= 0.6 is 0 Å². The van der Waals surface area contributed by atoms with Crippen LogP contribution in [0.15, 0.2) is 41.4 Å². The number of carbonyl (C=O) groups is 2. The first-order valence-corrected chi connectivity index (χ1v) is 11.3. The van der Waals surface area contributed by atoms with Crippen LogP contribution < -0.4 is 14.8 Å². The Bertz CT molecular complexity index is 1060. The van der Waals surface area contributed by atoms with Crippen LogP contribution in [0.4, 0.5) is 0 Å². The van der Waals surface area contributed by atoms with Crippen LogP contribution in [0.2, 0.25) is 0 Å². The first-order valence-electron chi connectivity index (χ1n) is 11.3. The molecule has 1 saturated carbocycles. The molecule has 2 aromatic rings. The van der Waals surface area contributed by atoms with Crippen LogP contribution in [0.5, 0.6) is 11.5 Å². The maximum absolute atomic E-state index is 12.5. The molecule has 0 radical (unpaired) electrons. The Kier molecular flexibility index (Phi) is 7.08. The fraction of sp³-hybridized carbons (Fsp3) is 0.423. The van der Waals surface area contributed by atoms with Crippen LogP contribution in [0.25, 0.3) is 0 Å². The molecule has 2 atom stereocenters. The van der Waals surface area contributed by atoms with E-state index in [2.05, 4.69) is 16.1 Å². The number of ether oxygens (including phenoxy) is 3. The minimum absolute atomic E-state index is 0.00175. The predicted molar refractivity (Wildman–Crippen MR) is 126 cm³/mol. The van der Waals surface area contributed by atoms with Crippen molar-refractivity contribution in [3.8, 4) is 11.5 Å². The number of esters is 1. The average Bonchev–Trinajstić information content (AvgIpc) is 2.87. The van der Waals surface area contributed by atoms with E-state index in [-0.39, 0.29) is 24.9 Å². The topological polar surface area (TPSA) is 86.2 Å². The van der Waals surface area contributed by atoms with Crippen LogP contribution in [-0.4, -0.2) is 57.9 Å². The smallest absolute Gasteiger partial charge is 0.319 e. The molecule has 0 amide bonds. The molecule has 2 aliphatic rings. The van der Waals surface area contributed by atoms with Crippen molar-refractivity contribution in [2.45, 2.75) is 37.6 Å². The van der Waals surface area contributed by atoms with E-state index in [1.807, 2.05) is 30.3 Å². The zero-order valence-corrected chi connectivity index (χ0v) is 19.3. The second kappa shape index (κ2) is 10.2. The average molecular weight is 451 g/mol. The van der Waals surface area contributed by atoms with Crippen molar-refractivity contribution >= 4 is 17.5 Å². The molecule has 1 aliphatic heterocycles. The highest BCUT2D eigenvalue weighted by molar-refractivity contribution is 6.15. The van der Waals surface area contributed by atoms with Crippen LogP contribution in [0, 0.1) is 0 Å². The number of methoxy groups -OCH3 is 3. The molecule has 1 N–H and O–H groups in total. The zero-order chi connectivity index (χ0) is 23.4. The monoisotopic (exact) mass is 450 g/mol. The van der Waals surface area contributed by atoms with Gasteiger partial charge in [-0.3, -0.25) is 19.9 Å². The number of hydrogen-bond acceptors (Lipinski definition) is 7. The highest BCUT2D eigenvalue weighted by Gasteiger charge is 2.34. The summed E-state index contributed by atoms with van der Waals surface area (Å²) < 4.78 is 15.7. The molecule has 7 nitrogen and oxygen atoms in total. The lowest BCUT2D eigenvalue weighted by Gasteiger charge is -2.35. The maximum atomic E-state index is 12.5. The molecule has 0 aromatic heterocycles. The van der Waals surface area contributed by atoms with Gasteiger partial charge in [0.2, 0.25) is 0 Å². The van der Waals surface area contributed by atoms with Crippen molar-refractivity contribution < 1.29 is 23.8 Å². The van der Waals surface area contributed by atoms with Gasteiger partial charge in [0.25, 0.3) is 0 Å². The molecule has 0 unspecified atom stereocenters. The van der Waals surface area contributed by atoms with Crippen molar-refractivity contribution in [3.63, 3.8) is 0 Å². The van der Waals surface area contributed by atoms with E-state index in [1.165, 1.54) is 25.5 Å². The molecule has 33 heavy (non-hydrogen) atoms. The molecular weight excluding hydrogens is 420 g/mol. The second-order valence-electron chi connectivity index (χ2n) is 8.41. The van der Waals surface area contributed by atoms with Gasteiger partial charge >= 0.3 is 5.97 Å². The lowest BCUT2D eigenvalue weighted by molar-refractivity contribution is -0.139. The van der Waals surface area contributed by atoms with Crippen molar-refractivity contribution in [2.24, 2.45) is 4.99 Å². The quantitative estimate of drug-likeness (QED) is 0.489. The highest BCUT2D eigenvalue weighted by atomic mass is 16.5. The van der Waals surface area contributed by atoms with Crippen LogP contribution in [-0.2, 0) is 9.53 Å². The Balaban J connectivity index is 1.62. The Hall–Kier alpha value is -3.19. The highest BCUT2D eigenvalue weighted by Crippen LogP contribution is 2.44.